The second-order valence-electron chi connectivity index (χ2n) is 8.91. The van der Waals surface area contributed by atoms with Crippen LogP contribution in [-0.4, -0.2) is 90.4 Å². The van der Waals surface area contributed by atoms with E-state index in [1.54, 1.807) is 0 Å². The van der Waals surface area contributed by atoms with E-state index in [9.17, 15) is 9.59 Å². The molecule has 1 aromatic rings. The molecule has 7 heteroatoms. The Morgan fingerprint density at radius 2 is 1.50 bits per heavy atom. The van der Waals surface area contributed by atoms with Crippen LogP contribution in [0.25, 0.3) is 0 Å². The maximum Gasteiger partial charge on any atom is 0.319 e. The minimum atomic E-state index is -0.00923. The second kappa shape index (κ2) is 12.2. The van der Waals surface area contributed by atoms with Crippen molar-refractivity contribution in [1.29, 1.82) is 0 Å². The van der Waals surface area contributed by atoms with Crippen molar-refractivity contribution >= 4 is 11.9 Å². The molecule has 1 aromatic carbocycles. The van der Waals surface area contributed by atoms with E-state index in [4.69, 9.17) is 0 Å². The number of carbonyl (C=O) groups excluding carboxylic acids is 2. The molecule has 2 saturated heterocycles. The highest BCUT2D eigenvalue weighted by Gasteiger charge is 2.28. The molecule has 0 aromatic heterocycles. The number of likely N-dealkylation sites (tertiary alicyclic amines) is 1. The van der Waals surface area contributed by atoms with E-state index in [2.05, 4.69) is 46.3 Å². The van der Waals surface area contributed by atoms with Gasteiger partial charge in [0.1, 0.15) is 0 Å². The molecule has 3 amide bonds. The van der Waals surface area contributed by atoms with Gasteiger partial charge in [0.25, 0.3) is 0 Å². The van der Waals surface area contributed by atoms with Crippen molar-refractivity contribution < 1.29 is 9.59 Å². The molecule has 178 valence electrons. The average Bonchev–Trinajstić information content (AvgIpc) is 2.84. The fraction of sp³-hybridized carbons (Fsp3) is 0.680. The van der Waals surface area contributed by atoms with Gasteiger partial charge in [-0.25, -0.2) is 4.79 Å². The van der Waals surface area contributed by atoms with E-state index < -0.39 is 0 Å². The predicted octanol–water partition coefficient (Wildman–Crippen LogP) is 2.61. The summed E-state index contributed by atoms with van der Waals surface area (Å²) in [5.41, 5.74) is 2.50. The average molecular weight is 444 g/mol. The van der Waals surface area contributed by atoms with Crippen LogP contribution >= 0.6 is 0 Å². The van der Waals surface area contributed by atoms with Crippen LogP contribution in [0.2, 0.25) is 0 Å². The van der Waals surface area contributed by atoms with Crippen LogP contribution in [0.5, 0.6) is 0 Å². The highest BCUT2D eigenvalue weighted by Crippen LogP contribution is 2.19. The van der Waals surface area contributed by atoms with Gasteiger partial charge in [-0.1, -0.05) is 31.2 Å². The Labute approximate surface area is 193 Å². The number of rotatable bonds is 8. The number of amides is 3. The minimum Gasteiger partial charge on any atom is -0.352 e. The molecule has 3 rings (SSSR count). The molecule has 0 saturated carbocycles. The Bertz CT molecular complexity index is 736. The molecule has 2 heterocycles. The van der Waals surface area contributed by atoms with Gasteiger partial charge in [0.2, 0.25) is 5.91 Å². The lowest BCUT2D eigenvalue weighted by Crippen LogP contribution is -2.48. The molecular formula is C25H41N5O2. The third-order valence-corrected chi connectivity index (χ3v) is 7.05. The van der Waals surface area contributed by atoms with Crippen LogP contribution in [0.15, 0.2) is 24.3 Å². The lowest BCUT2D eigenvalue weighted by atomic mass is 9.96. The number of nitrogens with one attached hydrogen (secondary N) is 1. The molecule has 32 heavy (non-hydrogen) atoms. The van der Waals surface area contributed by atoms with Gasteiger partial charge in [-0.3, -0.25) is 9.69 Å². The largest absolute Gasteiger partial charge is 0.352 e. The van der Waals surface area contributed by atoms with Crippen LogP contribution < -0.4 is 5.32 Å². The zero-order valence-electron chi connectivity index (χ0n) is 20.2. The molecular weight excluding hydrogens is 402 g/mol. The lowest BCUT2D eigenvalue weighted by molar-refractivity contribution is -0.126. The minimum absolute atomic E-state index is 0.00923. The Morgan fingerprint density at radius 1 is 0.906 bits per heavy atom. The Hall–Kier alpha value is -2.12. The van der Waals surface area contributed by atoms with Crippen molar-refractivity contribution in [2.24, 2.45) is 5.92 Å². The van der Waals surface area contributed by atoms with E-state index in [0.29, 0.717) is 19.6 Å². The maximum absolute atomic E-state index is 12.8. The lowest BCUT2D eigenvalue weighted by Gasteiger charge is -2.35. The second-order valence-corrected chi connectivity index (χ2v) is 8.91. The number of piperidine rings is 1. The quantitative estimate of drug-likeness (QED) is 0.671. The van der Waals surface area contributed by atoms with Gasteiger partial charge in [-0.2, -0.15) is 0 Å². The van der Waals surface area contributed by atoms with Crippen molar-refractivity contribution in [3.63, 3.8) is 0 Å². The first-order chi connectivity index (χ1) is 15.5. The van der Waals surface area contributed by atoms with Gasteiger partial charge < -0.3 is 20.0 Å². The van der Waals surface area contributed by atoms with Gasteiger partial charge >= 0.3 is 6.03 Å². The normalized spacial score (nSPS) is 18.5. The Morgan fingerprint density at radius 3 is 2.09 bits per heavy atom. The summed E-state index contributed by atoms with van der Waals surface area (Å²) >= 11 is 0. The number of benzene rings is 1. The van der Waals surface area contributed by atoms with E-state index >= 15 is 0 Å². The number of hydrogen-bond donors (Lipinski definition) is 1. The van der Waals surface area contributed by atoms with Crippen molar-refractivity contribution in [3.05, 3.63) is 35.4 Å². The van der Waals surface area contributed by atoms with E-state index in [1.165, 1.54) is 11.1 Å². The summed E-state index contributed by atoms with van der Waals surface area (Å²) in [6.07, 6.45) is 1.48. The number of likely N-dealkylation sites (N-methyl/N-ethyl adjacent to an activating group) is 1. The molecule has 7 nitrogen and oxygen atoms in total. The topological polar surface area (TPSA) is 59.1 Å². The van der Waals surface area contributed by atoms with Gasteiger partial charge in [-0.05, 0) is 44.4 Å². The van der Waals surface area contributed by atoms with Crippen LogP contribution in [0.3, 0.4) is 0 Å². The summed E-state index contributed by atoms with van der Waals surface area (Å²) in [5, 5.41) is 3.17. The summed E-state index contributed by atoms with van der Waals surface area (Å²) < 4.78 is 0. The summed E-state index contributed by atoms with van der Waals surface area (Å²) in [4.78, 5) is 34.1. The van der Waals surface area contributed by atoms with Crippen LogP contribution in [0, 0.1) is 5.92 Å². The first-order valence-corrected chi connectivity index (χ1v) is 12.4. The smallest absolute Gasteiger partial charge is 0.319 e. The monoisotopic (exact) mass is 443 g/mol. The standard InChI is InChI=1S/C25H41N5O2/c1-4-27-15-17-28(18-16-27)20-23-10-8-7-9-22(23)19-26-24(31)21-11-13-30(14-12-21)25(32)29(5-2)6-3/h7-10,21H,4-6,11-20H2,1-3H3,(H,26,31). The van der Waals surface area contributed by atoms with Crippen LogP contribution in [0.4, 0.5) is 4.79 Å². The number of piperazine rings is 1. The van der Waals surface area contributed by atoms with Gasteiger partial charge in [-0.15, -0.1) is 0 Å². The van der Waals surface area contributed by atoms with E-state index in [-0.39, 0.29) is 17.9 Å². The van der Waals surface area contributed by atoms with Crippen LogP contribution in [-0.2, 0) is 17.9 Å². The third-order valence-electron chi connectivity index (χ3n) is 7.05. The summed E-state index contributed by atoms with van der Waals surface area (Å²) in [7, 11) is 0. The molecule has 0 atom stereocenters. The molecule has 0 spiro atoms. The highest BCUT2D eigenvalue weighted by molar-refractivity contribution is 5.79. The van der Waals surface area contributed by atoms with Gasteiger partial charge in [0, 0.05) is 71.4 Å². The van der Waals surface area contributed by atoms with E-state index in [0.717, 1.165) is 65.2 Å². The van der Waals surface area contributed by atoms with Crippen molar-refractivity contribution in [1.82, 2.24) is 24.9 Å². The van der Waals surface area contributed by atoms with E-state index in [1.807, 2.05) is 23.6 Å². The number of carbonyl (C=O) groups is 2. The van der Waals surface area contributed by atoms with Crippen molar-refractivity contribution in [2.75, 3.05) is 58.9 Å². The SMILES string of the molecule is CCN1CCN(Cc2ccccc2CNC(=O)C2CCN(C(=O)N(CC)CC)CC2)CC1. The zero-order valence-corrected chi connectivity index (χ0v) is 20.2. The van der Waals surface area contributed by atoms with Gasteiger partial charge in [0.05, 0.1) is 0 Å². The summed E-state index contributed by atoms with van der Waals surface area (Å²) in [6, 6.07) is 8.56. The van der Waals surface area contributed by atoms with Gasteiger partial charge in [0.15, 0.2) is 0 Å². The maximum atomic E-state index is 12.8. The fourth-order valence-corrected chi connectivity index (χ4v) is 4.74. The predicted molar refractivity (Wildman–Crippen MR) is 128 cm³/mol. The molecule has 0 radical (unpaired) electrons. The third kappa shape index (κ3) is 6.45. The zero-order chi connectivity index (χ0) is 22.9. The number of urea groups is 1. The first-order valence-electron chi connectivity index (χ1n) is 12.4. The fourth-order valence-electron chi connectivity index (χ4n) is 4.74. The molecule has 2 aliphatic rings. The van der Waals surface area contributed by atoms with Crippen LogP contribution in [0.1, 0.15) is 44.7 Å². The molecule has 0 unspecified atom stereocenters. The Kier molecular flexibility index (Phi) is 9.36. The van der Waals surface area contributed by atoms with Crippen molar-refractivity contribution in [3.8, 4) is 0 Å². The molecule has 2 aliphatic heterocycles. The number of nitrogens with zero attached hydrogens (tertiary/aromatic N) is 4. The first kappa shape index (κ1) is 24.5. The van der Waals surface area contributed by atoms with Crippen molar-refractivity contribution in [2.45, 2.75) is 46.7 Å². The summed E-state index contributed by atoms with van der Waals surface area (Å²) in [6.45, 7) is 16.1. The molecule has 2 fully saturated rings. The number of hydrogen-bond acceptors (Lipinski definition) is 4. The Balaban J connectivity index is 1.47. The molecule has 1 N–H and O–H groups in total. The summed E-state index contributed by atoms with van der Waals surface area (Å²) in [5.74, 6) is 0.108. The highest BCUT2D eigenvalue weighted by atomic mass is 16.2. The molecule has 0 aliphatic carbocycles. The molecule has 0 bridgehead atoms.